The number of anilines is 1. The van der Waals surface area contributed by atoms with E-state index in [0.717, 1.165) is 33.5 Å². The fourth-order valence-corrected chi connectivity index (χ4v) is 7.94. The molecule has 0 radical (unpaired) electrons. The van der Waals surface area contributed by atoms with Crippen molar-refractivity contribution in [3.05, 3.63) is 89.1 Å². The van der Waals surface area contributed by atoms with E-state index in [2.05, 4.69) is 33.6 Å². The van der Waals surface area contributed by atoms with Crippen LogP contribution in [0, 0.1) is 5.82 Å². The average Bonchev–Trinajstić information content (AvgIpc) is 3.33. The van der Waals surface area contributed by atoms with Crippen LogP contribution >= 0.6 is 11.3 Å². The number of fused-ring (bicyclic) bond motifs is 1. The summed E-state index contributed by atoms with van der Waals surface area (Å²) in [5.41, 5.74) is 10.4. The average molecular weight is 602 g/mol. The van der Waals surface area contributed by atoms with Crippen LogP contribution in [-0.4, -0.2) is 39.9 Å². The zero-order chi connectivity index (χ0) is 27.1. The van der Waals surface area contributed by atoms with E-state index in [9.17, 15) is 4.79 Å². The number of benzene rings is 1. The van der Waals surface area contributed by atoms with Gasteiger partial charge in [-0.05, 0) is 24.3 Å². The predicted molar refractivity (Wildman–Crippen MR) is 156 cm³/mol. The van der Waals surface area contributed by atoms with E-state index in [4.69, 9.17) is 4.98 Å². The molecule has 0 spiro atoms. The van der Waals surface area contributed by atoms with Gasteiger partial charge < -0.3 is 0 Å². The molecule has 1 saturated carbocycles. The summed E-state index contributed by atoms with van der Waals surface area (Å²) < 4.78 is 17.1. The molecule has 4 aromatic heterocycles. The summed E-state index contributed by atoms with van der Waals surface area (Å²) in [5.74, 6) is -0.673. The maximum atomic E-state index is 15.2. The second-order valence-corrected chi connectivity index (χ2v) is 16.8. The molecule has 198 valence electrons. The van der Waals surface area contributed by atoms with Crippen molar-refractivity contribution in [3.63, 3.8) is 0 Å². The normalized spacial score (nSPS) is 14.2. The number of imidazole rings is 1. The Morgan fingerprint density at radius 2 is 1.97 bits per heavy atom. The van der Waals surface area contributed by atoms with Crippen molar-refractivity contribution in [2.45, 2.75) is 48.2 Å². The summed E-state index contributed by atoms with van der Waals surface area (Å²) in [6, 6.07) is 14.7. The summed E-state index contributed by atoms with van der Waals surface area (Å²) in [6.45, 7) is 2.28. The number of rotatable bonds is 8. The van der Waals surface area contributed by atoms with Gasteiger partial charge in [-0.2, -0.15) is 0 Å². The SMILES string of the molecule is C[As](C)Cc1nc(NC(=O)Cc2ccc(-c3cnc4cc(-c5ccccn5)ccn34)cc2F)sc1C1(C)CC1. The third kappa shape index (κ3) is 5.41. The Morgan fingerprint density at radius 1 is 1.13 bits per heavy atom. The van der Waals surface area contributed by atoms with Gasteiger partial charge in [0.1, 0.15) is 5.65 Å². The Balaban J connectivity index is 1.18. The zero-order valence-electron chi connectivity index (χ0n) is 22.1. The summed E-state index contributed by atoms with van der Waals surface area (Å²) >= 11 is 0.681. The molecule has 1 N–H and O–H groups in total. The fraction of sp³-hybridized carbons (Fsp3) is 0.267. The second-order valence-electron chi connectivity index (χ2n) is 10.6. The molecule has 0 saturated heterocycles. The molecule has 0 atom stereocenters. The number of pyridine rings is 2. The number of hydrogen-bond acceptors (Lipinski definition) is 5. The molecule has 0 bridgehead atoms. The van der Waals surface area contributed by atoms with E-state index in [0.29, 0.717) is 16.3 Å². The summed E-state index contributed by atoms with van der Waals surface area (Å²) in [4.78, 5) is 27.9. The standard InChI is InChI=1S/C30H29AsFN5OS/c1-30(10-11-30)28-24(17-31(2)3)35-29(39-28)36-27(38)16-19-7-8-21(14-22(19)32)25-18-34-26-15-20(9-13-37(25)26)23-6-4-5-12-33-23/h4-9,12-15,18H,10-11,16-17H2,1-3H3,(H,35,36,38). The Morgan fingerprint density at radius 3 is 2.69 bits per heavy atom. The number of aromatic nitrogens is 4. The van der Waals surface area contributed by atoms with E-state index >= 15 is 4.39 Å². The maximum absolute atomic E-state index is 15.2. The Bertz CT molecular complexity index is 1680. The monoisotopic (exact) mass is 601 g/mol. The van der Waals surface area contributed by atoms with Crippen molar-refractivity contribution >= 4 is 42.7 Å². The Kier molecular flexibility index (Phi) is 6.86. The van der Waals surface area contributed by atoms with Crippen molar-refractivity contribution in [3.8, 4) is 22.5 Å². The van der Waals surface area contributed by atoms with Crippen LogP contribution in [0.2, 0.25) is 11.4 Å². The van der Waals surface area contributed by atoms with Crippen molar-refractivity contribution in [1.82, 2.24) is 19.4 Å². The minimum atomic E-state index is -0.908. The Hall–Kier alpha value is -3.35. The number of nitrogens with zero attached hydrogens (tertiary/aromatic N) is 4. The van der Waals surface area contributed by atoms with Gasteiger partial charge in [0.25, 0.3) is 0 Å². The first kappa shape index (κ1) is 25.9. The second kappa shape index (κ2) is 10.3. The Labute approximate surface area is 235 Å². The van der Waals surface area contributed by atoms with Crippen LogP contribution in [-0.2, 0) is 21.8 Å². The number of nitrogens with one attached hydrogen (secondary N) is 1. The molecule has 9 heteroatoms. The summed E-state index contributed by atoms with van der Waals surface area (Å²) in [6.07, 6.45) is 7.71. The molecule has 1 aliphatic rings. The van der Waals surface area contributed by atoms with Crippen LogP contribution in [0.3, 0.4) is 0 Å². The van der Waals surface area contributed by atoms with Gasteiger partial charge in [-0.15, -0.1) is 0 Å². The predicted octanol–water partition coefficient (Wildman–Crippen LogP) is 6.73. The third-order valence-corrected chi connectivity index (χ3v) is 10.4. The molecule has 1 fully saturated rings. The van der Waals surface area contributed by atoms with E-state index in [1.807, 2.05) is 47.0 Å². The van der Waals surface area contributed by atoms with E-state index in [-0.39, 0.29) is 17.7 Å². The van der Waals surface area contributed by atoms with Gasteiger partial charge >= 0.3 is 156 Å². The molecule has 39 heavy (non-hydrogen) atoms. The van der Waals surface area contributed by atoms with E-state index < -0.39 is 20.5 Å². The van der Waals surface area contributed by atoms with Crippen molar-refractivity contribution in [1.29, 1.82) is 0 Å². The molecule has 0 unspecified atom stereocenters. The number of amides is 1. The molecule has 6 rings (SSSR count). The fourth-order valence-electron chi connectivity index (χ4n) is 4.77. The van der Waals surface area contributed by atoms with Gasteiger partial charge in [0.05, 0.1) is 11.9 Å². The molecule has 0 aliphatic heterocycles. The molecule has 1 aromatic carbocycles. The number of halogens is 1. The first-order valence-electron chi connectivity index (χ1n) is 12.9. The van der Waals surface area contributed by atoms with Crippen molar-refractivity contribution in [2.24, 2.45) is 0 Å². The molecule has 1 aliphatic carbocycles. The van der Waals surface area contributed by atoms with Crippen LogP contribution in [0.25, 0.3) is 28.2 Å². The minimum absolute atomic E-state index is 0.0480. The van der Waals surface area contributed by atoms with Gasteiger partial charge in [0.2, 0.25) is 0 Å². The quantitative estimate of drug-likeness (QED) is 0.200. The molecule has 1 amide bonds. The number of carbonyl (C=O) groups is 1. The molecule has 4 heterocycles. The molecule has 5 aromatic rings. The van der Waals surface area contributed by atoms with E-state index in [1.165, 1.54) is 23.8 Å². The number of thiazole rings is 1. The van der Waals surface area contributed by atoms with Gasteiger partial charge in [0.15, 0.2) is 0 Å². The third-order valence-electron chi connectivity index (χ3n) is 7.13. The van der Waals surface area contributed by atoms with Crippen LogP contribution in [0.5, 0.6) is 0 Å². The molecular weight excluding hydrogens is 572 g/mol. The number of hydrogen-bond donors (Lipinski definition) is 1. The van der Waals surface area contributed by atoms with Gasteiger partial charge in [0, 0.05) is 18.0 Å². The number of carbonyl (C=O) groups excluding carboxylic acids is 1. The van der Waals surface area contributed by atoms with Gasteiger partial charge in [-0.3, -0.25) is 9.38 Å². The van der Waals surface area contributed by atoms with Crippen LogP contribution in [0.15, 0.2) is 67.1 Å². The van der Waals surface area contributed by atoms with Crippen molar-refractivity contribution < 1.29 is 9.18 Å². The van der Waals surface area contributed by atoms with Crippen LogP contribution in [0.4, 0.5) is 9.52 Å². The van der Waals surface area contributed by atoms with Gasteiger partial charge in [-0.25, -0.2) is 4.98 Å². The summed E-state index contributed by atoms with van der Waals surface area (Å²) in [7, 11) is 0. The zero-order valence-corrected chi connectivity index (χ0v) is 24.8. The first-order valence-corrected chi connectivity index (χ1v) is 18.8. The van der Waals surface area contributed by atoms with Crippen LogP contribution in [0.1, 0.15) is 35.9 Å². The topological polar surface area (TPSA) is 72.2 Å². The molecular formula is C30H29AsFN5OS. The van der Waals surface area contributed by atoms with Gasteiger partial charge in [-0.1, -0.05) is 6.07 Å². The summed E-state index contributed by atoms with van der Waals surface area (Å²) in [5, 5.41) is 4.60. The first-order chi connectivity index (χ1) is 18.8. The van der Waals surface area contributed by atoms with Crippen molar-refractivity contribution in [2.75, 3.05) is 5.32 Å². The molecule has 6 nitrogen and oxygen atoms in total. The van der Waals surface area contributed by atoms with E-state index in [1.54, 1.807) is 29.8 Å². The van der Waals surface area contributed by atoms with Crippen LogP contribution < -0.4 is 5.32 Å².